The normalized spacial score (nSPS) is 28.8. The van der Waals surface area contributed by atoms with Gasteiger partial charge < -0.3 is 4.74 Å². The van der Waals surface area contributed by atoms with Gasteiger partial charge in [-0.15, -0.1) is 11.6 Å². The molecule has 2 rings (SSSR count). The Hall–Kier alpha value is -1.35. The average molecular weight is 239 g/mol. The SMILES string of the molecule is O=CC1OC(=O)C(Cc2ccccc2)C1Cl. The lowest BCUT2D eigenvalue weighted by Gasteiger charge is -2.09. The predicted octanol–water partition coefficient (Wildman–Crippen LogP) is 1.58. The number of carbonyl (C=O) groups is 2. The first-order valence-corrected chi connectivity index (χ1v) is 5.50. The van der Waals surface area contributed by atoms with E-state index in [9.17, 15) is 9.59 Å². The Labute approximate surface area is 98.4 Å². The largest absolute Gasteiger partial charge is 0.453 e. The van der Waals surface area contributed by atoms with Gasteiger partial charge in [-0.05, 0) is 12.0 Å². The third-order valence-corrected chi connectivity index (χ3v) is 3.24. The van der Waals surface area contributed by atoms with Crippen LogP contribution in [-0.2, 0) is 20.7 Å². The van der Waals surface area contributed by atoms with Crippen LogP contribution in [0.4, 0.5) is 0 Å². The van der Waals surface area contributed by atoms with Gasteiger partial charge in [0.05, 0.1) is 11.3 Å². The highest BCUT2D eigenvalue weighted by atomic mass is 35.5. The molecule has 0 spiro atoms. The van der Waals surface area contributed by atoms with E-state index in [4.69, 9.17) is 16.3 Å². The summed E-state index contributed by atoms with van der Waals surface area (Å²) < 4.78 is 4.87. The van der Waals surface area contributed by atoms with Crippen molar-refractivity contribution in [2.45, 2.75) is 17.9 Å². The third-order valence-electron chi connectivity index (χ3n) is 2.69. The lowest BCUT2D eigenvalue weighted by atomic mass is 9.96. The van der Waals surface area contributed by atoms with Crippen molar-refractivity contribution in [1.29, 1.82) is 0 Å². The minimum Gasteiger partial charge on any atom is -0.453 e. The Kier molecular flexibility index (Phi) is 3.25. The number of rotatable bonds is 3. The molecule has 0 saturated carbocycles. The Morgan fingerprint density at radius 1 is 1.31 bits per heavy atom. The monoisotopic (exact) mass is 238 g/mol. The van der Waals surface area contributed by atoms with Crippen molar-refractivity contribution in [3.63, 3.8) is 0 Å². The van der Waals surface area contributed by atoms with Crippen LogP contribution in [0.5, 0.6) is 0 Å². The van der Waals surface area contributed by atoms with Crippen LogP contribution in [0.3, 0.4) is 0 Å². The van der Waals surface area contributed by atoms with Crippen LogP contribution in [0.15, 0.2) is 30.3 Å². The maximum Gasteiger partial charge on any atom is 0.311 e. The van der Waals surface area contributed by atoms with Gasteiger partial charge in [0.25, 0.3) is 0 Å². The van der Waals surface area contributed by atoms with E-state index in [0.717, 1.165) is 5.56 Å². The fraction of sp³-hybridized carbons (Fsp3) is 0.333. The molecule has 0 amide bonds. The molecule has 1 aliphatic rings. The molecule has 0 aromatic heterocycles. The van der Waals surface area contributed by atoms with E-state index < -0.39 is 17.4 Å². The van der Waals surface area contributed by atoms with Crippen molar-refractivity contribution in [2.75, 3.05) is 0 Å². The molecule has 1 fully saturated rings. The van der Waals surface area contributed by atoms with Crippen LogP contribution in [0, 0.1) is 5.92 Å². The van der Waals surface area contributed by atoms with E-state index in [-0.39, 0.29) is 5.97 Å². The summed E-state index contributed by atoms with van der Waals surface area (Å²) in [4.78, 5) is 22.1. The fourth-order valence-corrected chi connectivity index (χ4v) is 2.12. The van der Waals surface area contributed by atoms with Crippen LogP contribution < -0.4 is 0 Å². The molecule has 1 aromatic rings. The van der Waals surface area contributed by atoms with Gasteiger partial charge in [0, 0.05) is 0 Å². The Bertz CT molecular complexity index is 391. The number of esters is 1. The first-order valence-electron chi connectivity index (χ1n) is 5.06. The summed E-state index contributed by atoms with van der Waals surface area (Å²) in [7, 11) is 0. The van der Waals surface area contributed by atoms with Crippen LogP contribution in [0.1, 0.15) is 5.56 Å². The fourth-order valence-electron chi connectivity index (χ4n) is 1.81. The standard InChI is InChI=1S/C12H11ClO3/c13-11-9(12(15)16-10(11)7-14)6-8-4-2-1-3-5-8/h1-5,7,9-11H,6H2. The number of cyclic esters (lactones) is 1. The molecule has 4 heteroatoms. The van der Waals surface area contributed by atoms with Crippen molar-refractivity contribution < 1.29 is 14.3 Å². The molecule has 3 unspecified atom stereocenters. The minimum absolute atomic E-state index is 0.388. The second-order valence-electron chi connectivity index (χ2n) is 3.78. The number of halogens is 1. The first-order chi connectivity index (χ1) is 7.72. The Balaban J connectivity index is 2.11. The molecule has 1 heterocycles. The quantitative estimate of drug-likeness (QED) is 0.456. The van der Waals surface area contributed by atoms with E-state index in [2.05, 4.69) is 0 Å². The van der Waals surface area contributed by atoms with E-state index in [1.807, 2.05) is 30.3 Å². The van der Waals surface area contributed by atoms with Gasteiger partial charge in [-0.2, -0.15) is 0 Å². The van der Waals surface area contributed by atoms with Crippen molar-refractivity contribution in [3.05, 3.63) is 35.9 Å². The zero-order valence-electron chi connectivity index (χ0n) is 8.51. The summed E-state index contributed by atoms with van der Waals surface area (Å²) >= 11 is 6.01. The molecule has 0 aliphatic carbocycles. The number of carbonyl (C=O) groups excluding carboxylic acids is 2. The van der Waals surface area contributed by atoms with Gasteiger partial charge in [-0.25, -0.2) is 0 Å². The van der Waals surface area contributed by atoms with Gasteiger partial charge >= 0.3 is 5.97 Å². The zero-order valence-corrected chi connectivity index (χ0v) is 9.26. The second kappa shape index (κ2) is 4.66. The van der Waals surface area contributed by atoms with Gasteiger partial charge in [-0.1, -0.05) is 30.3 Å². The molecule has 1 aromatic carbocycles. The minimum atomic E-state index is -0.803. The molecule has 0 N–H and O–H groups in total. The lowest BCUT2D eigenvalue weighted by molar-refractivity contribution is -0.146. The highest BCUT2D eigenvalue weighted by molar-refractivity contribution is 6.24. The van der Waals surface area contributed by atoms with E-state index in [1.165, 1.54) is 0 Å². The number of aldehydes is 1. The summed E-state index contributed by atoms with van der Waals surface area (Å²) in [5.74, 6) is -0.819. The first kappa shape index (κ1) is 11.1. The number of hydrogen-bond donors (Lipinski definition) is 0. The van der Waals surface area contributed by atoms with Gasteiger partial charge in [-0.3, -0.25) is 9.59 Å². The maximum atomic E-state index is 11.5. The van der Waals surface area contributed by atoms with E-state index in [0.29, 0.717) is 12.7 Å². The molecular weight excluding hydrogens is 228 g/mol. The highest BCUT2D eigenvalue weighted by Crippen LogP contribution is 2.28. The van der Waals surface area contributed by atoms with Crippen molar-refractivity contribution in [2.24, 2.45) is 5.92 Å². The number of benzene rings is 1. The summed E-state index contributed by atoms with van der Waals surface area (Å²) in [6.07, 6.45) is 0.293. The lowest BCUT2D eigenvalue weighted by Crippen LogP contribution is -2.23. The average Bonchev–Trinajstić information content (AvgIpc) is 2.58. The van der Waals surface area contributed by atoms with Crippen molar-refractivity contribution in [3.8, 4) is 0 Å². The summed E-state index contributed by atoms with van der Waals surface area (Å²) in [6.45, 7) is 0. The molecule has 1 saturated heterocycles. The maximum absolute atomic E-state index is 11.5. The molecule has 84 valence electrons. The van der Waals surface area contributed by atoms with Crippen LogP contribution in [0.2, 0.25) is 0 Å². The molecule has 3 nitrogen and oxygen atoms in total. The molecule has 1 aliphatic heterocycles. The van der Waals surface area contributed by atoms with Crippen LogP contribution in [-0.4, -0.2) is 23.7 Å². The van der Waals surface area contributed by atoms with E-state index >= 15 is 0 Å². The number of ether oxygens (including phenoxy) is 1. The molecule has 0 bridgehead atoms. The van der Waals surface area contributed by atoms with Crippen molar-refractivity contribution >= 4 is 23.9 Å². The van der Waals surface area contributed by atoms with Crippen LogP contribution >= 0.6 is 11.6 Å². The highest BCUT2D eigenvalue weighted by Gasteiger charge is 2.43. The van der Waals surface area contributed by atoms with Gasteiger partial charge in [0.15, 0.2) is 12.4 Å². The Morgan fingerprint density at radius 2 is 2.00 bits per heavy atom. The molecular formula is C12H11ClO3. The van der Waals surface area contributed by atoms with Crippen LogP contribution in [0.25, 0.3) is 0 Å². The molecule has 16 heavy (non-hydrogen) atoms. The summed E-state index contributed by atoms with van der Waals surface area (Å²) in [5.41, 5.74) is 1.02. The number of alkyl halides is 1. The second-order valence-corrected chi connectivity index (χ2v) is 4.28. The molecule has 3 atom stereocenters. The van der Waals surface area contributed by atoms with E-state index in [1.54, 1.807) is 0 Å². The zero-order chi connectivity index (χ0) is 11.5. The van der Waals surface area contributed by atoms with Gasteiger partial charge in [0.1, 0.15) is 0 Å². The smallest absolute Gasteiger partial charge is 0.311 e. The third kappa shape index (κ3) is 2.09. The summed E-state index contributed by atoms with van der Waals surface area (Å²) in [5, 5.41) is -0.565. The molecule has 0 radical (unpaired) electrons. The summed E-state index contributed by atoms with van der Waals surface area (Å²) in [6, 6.07) is 9.55. The van der Waals surface area contributed by atoms with Gasteiger partial charge in [0.2, 0.25) is 0 Å². The van der Waals surface area contributed by atoms with Crippen molar-refractivity contribution in [1.82, 2.24) is 0 Å². The Morgan fingerprint density at radius 3 is 2.56 bits per heavy atom. The number of hydrogen-bond acceptors (Lipinski definition) is 3. The topological polar surface area (TPSA) is 43.4 Å². The predicted molar refractivity (Wildman–Crippen MR) is 59.2 cm³/mol.